The minimum Gasteiger partial charge on any atom is -0.480 e. The normalized spacial score (nSPS) is 11.5. The molecule has 0 bridgehead atoms. The third-order valence-corrected chi connectivity index (χ3v) is 1.45. The van der Waals surface area contributed by atoms with Crippen molar-refractivity contribution in [3.05, 3.63) is 0 Å². The minimum absolute atomic E-state index is 0.175. The van der Waals surface area contributed by atoms with Crippen molar-refractivity contribution in [2.45, 2.75) is 19.4 Å². The number of hydrogen-bond acceptors (Lipinski definition) is 3. The van der Waals surface area contributed by atoms with Gasteiger partial charge in [-0.05, 0) is 6.92 Å². The van der Waals surface area contributed by atoms with Gasteiger partial charge in [-0.1, -0.05) is 0 Å². The number of carboxylic acid groups (broad SMARTS) is 1. The maximum atomic E-state index is 10.6. The lowest BCUT2D eigenvalue weighted by atomic mass is 10.3. The van der Waals surface area contributed by atoms with E-state index in [9.17, 15) is 4.79 Å². The molecule has 2 N–H and O–H groups in total. The third kappa shape index (κ3) is 6.14. The van der Waals surface area contributed by atoms with E-state index < -0.39 is 12.0 Å². The maximum absolute atomic E-state index is 10.6. The van der Waals surface area contributed by atoms with Crippen molar-refractivity contribution < 1.29 is 14.6 Å². The summed E-state index contributed by atoms with van der Waals surface area (Å²) in [5.41, 5.74) is 0. The molecule has 0 saturated heterocycles. The summed E-state index contributed by atoms with van der Waals surface area (Å²) < 4.78 is 4.74. The Morgan fingerprint density at radius 3 is 2.85 bits per heavy atom. The van der Waals surface area contributed by atoms with E-state index in [-0.39, 0.29) is 6.61 Å². The van der Waals surface area contributed by atoms with E-state index in [0.717, 1.165) is 0 Å². The SMILES string of the molecule is CC#CCCNC(COC)C(=O)O. The Morgan fingerprint density at radius 2 is 2.38 bits per heavy atom. The smallest absolute Gasteiger partial charge is 0.323 e. The first-order valence-electron chi connectivity index (χ1n) is 4.07. The molecule has 0 aromatic carbocycles. The molecule has 0 amide bonds. The van der Waals surface area contributed by atoms with Gasteiger partial charge < -0.3 is 15.2 Å². The molecule has 0 aromatic rings. The van der Waals surface area contributed by atoms with E-state index in [1.807, 2.05) is 0 Å². The Bertz CT molecular complexity index is 205. The van der Waals surface area contributed by atoms with Gasteiger partial charge in [-0.15, -0.1) is 11.8 Å². The van der Waals surface area contributed by atoms with Crippen molar-refractivity contribution in [3.63, 3.8) is 0 Å². The number of carboxylic acids is 1. The van der Waals surface area contributed by atoms with Gasteiger partial charge >= 0.3 is 5.97 Å². The van der Waals surface area contributed by atoms with E-state index in [0.29, 0.717) is 13.0 Å². The fourth-order valence-electron chi connectivity index (χ4n) is 0.818. The summed E-state index contributed by atoms with van der Waals surface area (Å²) in [7, 11) is 1.48. The average molecular weight is 185 g/mol. The van der Waals surface area contributed by atoms with Gasteiger partial charge in [-0.25, -0.2) is 0 Å². The summed E-state index contributed by atoms with van der Waals surface area (Å²) in [6.45, 7) is 2.50. The lowest BCUT2D eigenvalue weighted by Crippen LogP contribution is -2.40. The highest BCUT2D eigenvalue weighted by molar-refractivity contribution is 5.73. The average Bonchev–Trinajstić information content (AvgIpc) is 2.10. The van der Waals surface area contributed by atoms with Crippen LogP contribution in [-0.2, 0) is 9.53 Å². The van der Waals surface area contributed by atoms with E-state index in [1.165, 1.54) is 7.11 Å². The minimum atomic E-state index is -0.897. The molecule has 1 atom stereocenters. The molecule has 0 heterocycles. The van der Waals surface area contributed by atoms with Gasteiger partial charge in [0, 0.05) is 20.1 Å². The van der Waals surface area contributed by atoms with Gasteiger partial charge in [0.05, 0.1) is 6.61 Å². The number of rotatable bonds is 6. The standard InChI is InChI=1S/C9H15NO3/c1-3-4-5-6-10-8(7-13-2)9(11)12/h8,10H,5-7H2,1-2H3,(H,11,12). The first kappa shape index (κ1) is 11.9. The third-order valence-electron chi connectivity index (χ3n) is 1.45. The highest BCUT2D eigenvalue weighted by Crippen LogP contribution is 1.85. The van der Waals surface area contributed by atoms with E-state index >= 15 is 0 Å². The second kappa shape index (κ2) is 7.59. The lowest BCUT2D eigenvalue weighted by Gasteiger charge is -2.11. The van der Waals surface area contributed by atoms with Crippen molar-refractivity contribution in [1.82, 2.24) is 5.32 Å². The van der Waals surface area contributed by atoms with Crippen molar-refractivity contribution in [2.24, 2.45) is 0 Å². The lowest BCUT2D eigenvalue weighted by molar-refractivity contribution is -0.140. The molecule has 0 aromatic heterocycles. The molecule has 4 nitrogen and oxygen atoms in total. The van der Waals surface area contributed by atoms with Gasteiger partial charge in [0.1, 0.15) is 6.04 Å². The molecule has 0 aliphatic carbocycles. The van der Waals surface area contributed by atoms with Crippen LogP contribution in [0, 0.1) is 11.8 Å². The number of nitrogens with one attached hydrogen (secondary N) is 1. The molecule has 13 heavy (non-hydrogen) atoms. The zero-order valence-electron chi connectivity index (χ0n) is 7.96. The molecule has 0 aliphatic rings. The topological polar surface area (TPSA) is 58.6 Å². The number of carbonyl (C=O) groups is 1. The Morgan fingerprint density at radius 1 is 1.69 bits per heavy atom. The maximum Gasteiger partial charge on any atom is 0.323 e. The van der Waals surface area contributed by atoms with Crippen LogP contribution in [0.2, 0.25) is 0 Å². The van der Waals surface area contributed by atoms with E-state index in [4.69, 9.17) is 9.84 Å². The molecule has 0 radical (unpaired) electrons. The predicted octanol–water partition coefficient (Wildman–Crippen LogP) is 0.0890. The molecule has 74 valence electrons. The van der Waals surface area contributed by atoms with Crippen LogP contribution in [0.1, 0.15) is 13.3 Å². The monoisotopic (exact) mass is 185 g/mol. The summed E-state index contributed by atoms with van der Waals surface area (Å²) in [6, 6.07) is -0.636. The highest BCUT2D eigenvalue weighted by Gasteiger charge is 2.14. The number of aliphatic carboxylic acids is 1. The van der Waals surface area contributed by atoms with Crippen LogP contribution in [0.3, 0.4) is 0 Å². The number of hydrogen-bond donors (Lipinski definition) is 2. The van der Waals surface area contributed by atoms with Gasteiger partial charge in [0.15, 0.2) is 0 Å². The van der Waals surface area contributed by atoms with Crippen LogP contribution in [-0.4, -0.2) is 37.4 Å². The van der Waals surface area contributed by atoms with Gasteiger partial charge in [-0.3, -0.25) is 4.79 Å². The summed E-state index contributed by atoms with van der Waals surface area (Å²) in [6.07, 6.45) is 0.657. The second-order valence-electron chi connectivity index (χ2n) is 2.48. The van der Waals surface area contributed by atoms with E-state index in [2.05, 4.69) is 17.2 Å². The molecule has 0 fully saturated rings. The van der Waals surface area contributed by atoms with Gasteiger partial charge in [0.2, 0.25) is 0 Å². The summed E-state index contributed by atoms with van der Waals surface area (Å²) in [5, 5.41) is 11.5. The van der Waals surface area contributed by atoms with Crippen LogP contribution in [0.25, 0.3) is 0 Å². The second-order valence-corrected chi connectivity index (χ2v) is 2.48. The van der Waals surface area contributed by atoms with Crippen LogP contribution in [0.4, 0.5) is 0 Å². The molecule has 4 heteroatoms. The van der Waals surface area contributed by atoms with Gasteiger partial charge in [0.25, 0.3) is 0 Å². The molecule has 0 aliphatic heterocycles. The van der Waals surface area contributed by atoms with E-state index in [1.54, 1.807) is 6.92 Å². The van der Waals surface area contributed by atoms with Crippen LogP contribution >= 0.6 is 0 Å². The molecule has 0 spiro atoms. The highest BCUT2D eigenvalue weighted by atomic mass is 16.5. The first-order chi connectivity index (χ1) is 6.22. The summed E-state index contributed by atoms with van der Waals surface area (Å²) in [4.78, 5) is 10.6. The Kier molecular flexibility index (Phi) is 6.98. The van der Waals surface area contributed by atoms with Crippen molar-refractivity contribution in [1.29, 1.82) is 0 Å². The molecule has 1 unspecified atom stereocenters. The van der Waals surface area contributed by atoms with Gasteiger partial charge in [-0.2, -0.15) is 0 Å². The molecular formula is C9H15NO3. The van der Waals surface area contributed by atoms with Crippen molar-refractivity contribution in [3.8, 4) is 11.8 Å². The number of methoxy groups -OCH3 is 1. The summed E-state index contributed by atoms with van der Waals surface area (Å²) in [5.74, 6) is 4.68. The Labute approximate surface area is 78.3 Å². The number of ether oxygens (including phenoxy) is 1. The molecule has 0 rings (SSSR count). The van der Waals surface area contributed by atoms with Crippen molar-refractivity contribution in [2.75, 3.05) is 20.3 Å². The Hall–Kier alpha value is -1.05. The quantitative estimate of drug-likeness (QED) is 0.455. The molecule has 0 saturated carbocycles. The zero-order chi connectivity index (χ0) is 10.1. The van der Waals surface area contributed by atoms with Crippen LogP contribution < -0.4 is 5.32 Å². The van der Waals surface area contributed by atoms with Crippen LogP contribution in [0.5, 0.6) is 0 Å². The predicted molar refractivity (Wildman–Crippen MR) is 49.4 cm³/mol. The zero-order valence-corrected chi connectivity index (χ0v) is 7.96. The van der Waals surface area contributed by atoms with Crippen LogP contribution in [0.15, 0.2) is 0 Å². The largest absolute Gasteiger partial charge is 0.480 e. The molecular weight excluding hydrogens is 170 g/mol. The summed E-state index contributed by atoms with van der Waals surface area (Å²) >= 11 is 0. The van der Waals surface area contributed by atoms with Crippen molar-refractivity contribution >= 4 is 5.97 Å². The first-order valence-corrected chi connectivity index (χ1v) is 4.07. The fourth-order valence-corrected chi connectivity index (χ4v) is 0.818. The Balaban J connectivity index is 3.67. The fraction of sp³-hybridized carbons (Fsp3) is 0.667.